The predicted octanol–water partition coefficient (Wildman–Crippen LogP) is 5.13. The zero-order chi connectivity index (χ0) is 21.3. The Bertz CT molecular complexity index is 1190. The van der Waals surface area contributed by atoms with Gasteiger partial charge in [0.2, 0.25) is 0 Å². The van der Waals surface area contributed by atoms with Crippen molar-refractivity contribution in [2.45, 2.75) is 37.7 Å². The van der Waals surface area contributed by atoms with Crippen LogP contribution in [0.15, 0.2) is 53.7 Å². The van der Waals surface area contributed by atoms with Gasteiger partial charge >= 0.3 is 0 Å². The van der Waals surface area contributed by atoms with E-state index in [0.717, 1.165) is 44.5 Å². The fourth-order valence-electron chi connectivity index (χ4n) is 3.62. The molecule has 0 spiro atoms. The van der Waals surface area contributed by atoms with Crippen molar-refractivity contribution >= 4 is 28.4 Å². The van der Waals surface area contributed by atoms with Crippen LogP contribution < -0.4 is 4.74 Å². The number of aromatic nitrogens is 4. The number of hydrogen-bond acceptors (Lipinski definition) is 5. The van der Waals surface area contributed by atoms with Crippen molar-refractivity contribution < 1.29 is 9.53 Å². The van der Waals surface area contributed by atoms with Gasteiger partial charge in [0.15, 0.2) is 16.8 Å². The number of thioether (sulfide) groups is 1. The number of nitrogens with one attached hydrogen (secondary N) is 1. The van der Waals surface area contributed by atoms with Crippen LogP contribution in [0.25, 0.3) is 22.3 Å². The highest BCUT2D eigenvalue weighted by Crippen LogP contribution is 2.31. The monoisotopic (exact) mass is 420 g/mol. The van der Waals surface area contributed by atoms with E-state index in [-0.39, 0.29) is 11.0 Å². The van der Waals surface area contributed by atoms with Gasteiger partial charge in [0.1, 0.15) is 5.75 Å². The number of Topliss-reactive ketones (excluding diaryl/α,β-unsaturated/α-hetero) is 1. The van der Waals surface area contributed by atoms with Gasteiger partial charge in [-0.25, -0.2) is 0 Å². The molecule has 1 atom stereocenters. The lowest BCUT2D eigenvalue weighted by atomic mass is 10.1. The molecule has 0 unspecified atom stereocenters. The minimum absolute atomic E-state index is 0.0894. The number of carbonyl (C=O) groups is 1. The van der Waals surface area contributed by atoms with Crippen molar-refractivity contribution in [3.63, 3.8) is 0 Å². The summed E-state index contributed by atoms with van der Waals surface area (Å²) in [5, 5.41) is 10.2. The maximum Gasteiger partial charge on any atom is 0.192 e. The third-order valence-electron chi connectivity index (χ3n) is 5.17. The lowest BCUT2D eigenvalue weighted by molar-refractivity contribution is 0.0995. The van der Waals surface area contributed by atoms with Crippen molar-refractivity contribution in [3.05, 3.63) is 59.8 Å². The summed E-state index contributed by atoms with van der Waals surface area (Å²) in [5.41, 5.74) is 3.59. The standard InChI is InChI=1S/C23H24N4O2S/c1-5-27-22(16-10-12-17(29-4)13-11-16)25-26-23(27)30-15(3)21(28)20-14(2)24-19-9-7-6-8-18(19)20/h6-13,15,24H,5H2,1-4H3/t15-/m1/s1. The molecule has 0 aliphatic rings. The smallest absolute Gasteiger partial charge is 0.192 e. The van der Waals surface area contributed by atoms with E-state index in [2.05, 4.69) is 22.1 Å². The van der Waals surface area contributed by atoms with Crippen LogP contribution in [0.1, 0.15) is 29.9 Å². The summed E-state index contributed by atoms with van der Waals surface area (Å²) in [5.74, 6) is 1.67. The van der Waals surface area contributed by atoms with E-state index < -0.39 is 0 Å². The molecule has 0 fully saturated rings. The van der Waals surface area contributed by atoms with Crippen LogP contribution in [-0.4, -0.2) is 37.9 Å². The second-order valence-corrected chi connectivity index (χ2v) is 8.38. The fraction of sp³-hybridized carbons (Fsp3) is 0.261. The first-order valence-electron chi connectivity index (χ1n) is 9.89. The number of rotatable bonds is 7. The highest BCUT2D eigenvalue weighted by molar-refractivity contribution is 8.00. The predicted molar refractivity (Wildman–Crippen MR) is 120 cm³/mol. The number of hydrogen-bond donors (Lipinski definition) is 1. The second-order valence-electron chi connectivity index (χ2n) is 7.07. The molecule has 30 heavy (non-hydrogen) atoms. The van der Waals surface area contributed by atoms with Gasteiger partial charge in [-0.05, 0) is 51.1 Å². The number of aryl methyl sites for hydroxylation is 1. The van der Waals surface area contributed by atoms with Gasteiger partial charge in [-0.1, -0.05) is 30.0 Å². The molecule has 4 aromatic rings. The number of methoxy groups -OCH3 is 1. The summed E-state index contributed by atoms with van der Waals surface area (Å²) in [6.45, 7) is 6.64. The molecular formula is C23H24N4O2S. The molecule has 0 saturated heterocycles. The highest BCUT2D eigenvalue weighted by atomic mass is 32.2. The maximum absolute atomic E-state index is 13.3. The number of aromatic amines is 1. The van der Waals surface area contributed by atoms with E-state index in [9.17, 15) is 4.79 Å². The normalized spacial score (nSPS) is 12.3. The van der Waals surface area contributed by atoms with Crippen LogP contribution in [0.5, 0.6) is 5.75 Å². The first-order chi connectivity index (χ1) is 14.5. The van der Waals surface area contributed by atoms with Crippen LogP contribution in [0.3, 0.4) is 0 Å². The molecule has 7 heteroatoms. The Morgan fingerprint density at radius 1 is 1.17 bits per heavy atom. The molecule has 0 saturated carbocycles. The lowest BCUT2D eigenvalue weighted by Gasteiger charge is -2.12. The highest BCUT2D eigenvalue weighted by Gasteiger charge is 2.25. The molecule has 1 N–H and O–H groups in total. The van der Waals surface area contributed by atoms with Crippen molar-refractivity contribution in [1.29, 1.82) is 0 Å². The molecule has 4 rings (SSSR count). The third-order valence-corrected chi connectivity index (χ3v) is 6.25. The lowest BCUT2D eigenvalue weighted by Crippen LogP contribution is -2.15. The minimum Gasteiger partial charge on any atom is -0.497 e. The van der Waals surface area contributed by atoms with Crippen molar-refractivity contribution in [2.75, 3.05) is 7.11 Å². The summed E-state index contributed by atoms with van der Waals surface area (Å²) in [6.07, 6.45) is 0. The molecule has 0 bridgehead atoms. The van der Waals surface area contributed by atoms with Crippen molar-refractivity contribution in [1.82, 2.24) is 19.7 Å². The van der Waals surface area contributed by atoms with Crippen LogP contribution in [0.2, 0.25) is 0 Å². The van der Waals surface area contributed by atoms with Gasteiger partial charge in [0, 0.05) is 34.3 Å². The first-order valence-corrected chi connectivity index (χ1v) is 10.8. The Balaban J connectivity index is 1.61. The molecule has 2 aromatic heterocycles. The Labute approximate surface area is 179 Å². The molecule has 6 nitrogen and oxygen atoms in total. The Morgan fingerprint density at radius 3 is 2.60 bits per heavy atom. The van der Waals surface area contributed by atoms with Crippen LogP contribution >= 0.6 is 11.8 Å². The molecule has 2 aromatic carbocycles. The van der Waals surface area contributed by atoms with E-state index >= 15 is 0 Å². The van der Waals surface area contributed by atoms with E-state index in [1.54, 1.807) is 7.11 Å². The Hall–Kier alpha value is -3.06. The molecule has 0 radical (unpaired) electrons. The van der Waals surface area contributed by atoms with Gasteiger partial charge < -0.3 is 14.3 Å². The summed E-state index contributed by atoms with van der Waals surface area (Å²) in [7, 11) is 1.64. The number of fused-ring (bicyclic) bond motifs is 1. The fourth-order valence-corrected chi connectivity index (χ4v) is 4.60. The largest absolute Gasteiger partial charge is 0.497 e. The summed E-state index contributed by atoms with van der Waals surface area (Å²) < 4.78 is 7.27. The van der Waals surface area contributed by atoms with Crippen molar-refractivity contribution in [3.8, 4) is 17.1 Å². The second kappa shape index (κ2) is 8.36. The van der Waals surface area contributed by atoms with Crippen LogP contribution in [0.4, 0.5) is 0 Å². The number of carbonyl (C=O) groups excluding carboxylic acids is 1. The van der Waals surface area contributed by atoms with Gasteiger partial charge in [0.25, 0.3) is 0 Å². The van der Waals surface area contributed by atoms with Gasteiger partial charge in [-0.15, -0.1) is 10.2 Å². The number of benzene rings is 2. The average Bonchev–Trinajstić information content (AvgIpc) is 3.32. The summed E-state index contributed by atoms with van der Waals surface area (Å²) in [6, 6.07) is 15.6. The van der Waals surface area contributed by atoms with Gasteiger partial charge in [-0.3, -0.25) is 4.79 Å². The SMILES string of the molecule is CCn1c(S[C@H](C)C(=O)c2c(C)[nH]c3ccccc23)nnc1-c1ccc(OC)cc1. The molecule has 154 valence electrons. The average molecular weight is 421 g/mol. The topological polar surface area (TPSA) is 72.8 Å². The van der Waals surface area contributed by atoms with E-state index in [4.69, 9.17) is 4.74 Å². The van der Waals surface area contributed by atoms with Crippen molar-refractivity contribution in [2.24, 2.45) is 0 Å². The van der Waals surface area contributed by atoms with E-state index in [0.29, 0.717) is 6.54 Å². The third kappa shape index (κ3) is 3.61. The zero-order valence-corrected chi connectivity index (χ0v) is 18.3. The number of para-hydroxylation sites is 1. The number of ether oxygens (including phenoxy) is 1. The first kappa shape index (κ1) is 20.2. The van der Waals surface area contributed by atoms with Crippen LogP contribution in [-0.2, 0) is 6.54 Å². The Kier molecular flexibility index (Phi) is 5.63. The molecule has 0 amide bonds. The molecule has 2 heterocycles. The molecule has 0 aliphatic heterocycles. The molecular weight excluding hydrogens is 396 g/mol. The number of H-pyrrole nitrogens is 1. The van der Waals surface area contributed by atoms with Crippen LogP contribution in [0, 0.1) is 6.92 Å². The molecule has 0 aliphatic carbocycles. The van der Waals surface area contributed by atoms with Gasteiger partial charge in [0.05, 0.1) is 12.4 Å². The zero-order valence-electron chi connectivity index (χ0n) is 17.5. The minimum atomic E-state index is -0.291. The maximum atomic E-state index is 13.3. The van der Waals surface area contributed by atoms with Gasteiger partial charge in [-0.2, -0.15) is 0 Å². The Morgan fingerprint density at radius 2 is 1.90 bits per heavy atom. The van der Waals surface area contributed by atoms with E-state index in [1.165, 1.54) is 11.8 Å². The quantitative estimate of drug-likeness (QED) is 0.332. The number of nitrogens with zero attached hydrogens (tertiary/aromatic N) is 3. The summed E-state index contributed by atoms with van der Waals surface area (Å²) in [4.78, 5) is 16.6. The summed E-state index contributed by atoms with van der Waals surface area (Å²) >= 11 is 1.44. The van der Waals surface area contributed by atoms with E-state index in [1.807, 2.05) is 66.9 Å². The number of ketones is 1.